The van der Waals surface area contributed by atoms with Gasteiger partial charge in [0.2, 0.25) is 11.8 Å². The SMILES string of the molecule is COCC1(C(=O)N2CCN(C(=O)CCCc3ccccc3)CC2)CCNCC1.Cl. The zero-order valence-corrected chi connectivity index (χ0v) is 18.2. The molecule has 7 heteroatoms. The Morgan fingerprint density at radius 3 is 2.28 bits per heavy atom. The minimum Gasteiger partial charge on any atom is -0.384 e. The molecule has 2 fully saturated rings. The molecule has 0 aromatic heterocycles. The van der Waals surface area contributed by atoms with E-state index in [9.17, 15) is 9.59 Å². The summed E-state index contributed by atoms with van der Waals surface area (Å²) in [5, 5.41) is 3.33. The standard InChI is InChI=1S/C22H33N3O3.ClH/c1-28-18-22(10-12-23-13-11-22)21(27)25-16-14-24(15-17-25)20(26)9-5-8-19-6-3-2-4-7-19;/h2-4,6-7,23H,5,8-18H2,1H3;1H. The number of rotatable bonds is 7. The first-order valence-electron chi connectivity index (χ1n) is 10.5. The number of methoxy groups -OCH3 is 1. The molecular formula is C22H34ClN3O3. The van der Waals surface area contributed by atoms with Gasteiger partial charge in [0.05, 0.1) is 12.0 Å². The van der Waals surface area contributed by atoms with Crippen molar-refractivity contribution in [1.29, 1.82) is 0 Å². The van der Waals surface area contributed by atoms with Crippen LogP contribution in [0.4, 0.5) is 0 Å². The third kappa shape index (κ3) is 6.17. The second-order valence-corrected chi connectivity index (χ2v) is 7.98. The molecule has 0 spiro atoms. The number of hydrogen-bond acceptors (Lipinski definition) is 4. The van der Waals surface area contributed by atoms with Gasteiger partial charge >= 0.3 is 0 Å². The molecule has 2 amide bonds. The van der Waals surface area contributed by atoms with Crippen LogP contribution in [0, 0.1) is 5.41 Å². The number of benzene rings is 1. The van der Waals surface area contributed by atoms with Gasteiger partial charge in [0, 0.05) is 39.7 Å². The normalized spacial score (nSPS) is 18.8. The van der Waals surface area contributed by atoms with E-state index in [1.807, 2.05) is 28.0 Å². The van der Waals surface area contributed by atoms with Crippen molar-refractivity contribution in [1.82, 2.24) is 15.1 Å². The first kappa shape index (κ1) is 23.6. The van der Waals surface area contributed by atoms with Gasteiger partial charge in [-0.2, -0.15) is 0 Å². The summed E-state index contributed by atoms with van der Waals surface area (Å²) in [7, 11) is 1.67. The first-order valence-corrected chi connectivity index (χ1v) is 10.5. The summed E-state index contributed by atoms with van der Waals surface area (Å²) < 4.78 is 5.40. The van der Waals surface area contributed by atoms with Crippen LogP contribution < -0.4 is 5.32 Å². The van der Waals surface area contributed by atoms with Crippen molar-refractivity contribution < 1.29 is 14.3 Å². The lowest BCUT2D eigenvalue weighted by atomic mass is 9.78. The molecule has 2 aliphatic heterocycles. The van der Waals surface area contributed by atoms with Crippen LogP contribution in [0.5, 0.6) is 0 Å². The number of hydrogen-bond donors (Lipinski definition) is 1. The lowest BCUT2D eigenvalue weighted by Gasteiger charge is -2.42. The molecule has 2 heterocycles. The van der Waals surface area contributed by atoms with Crippen molar-refractivity contribution in [3.8, 4) is 0 Å². The number of aryl methyl sites for hydroxylation is 1. The Morgan fingerprint density at radius 2 is 1.66 bits per heavy atom. The maximum absolute atomic E-state index is 13.2. The highest BCUT2D eigenvalue weighted by Gasteiger charge is 2.43. The number of carbonyl (C=O) groups is 2. The first-order chi connectivity index (χ1) is 13.6. The maximum Gasteiger partial charge on any atom is 0.231 e. The maximum atomic E-state index is 13.2. The van der Waals surface area contributed by atoms with Crippen LogP contribution in [-0.4, -0.2) is 74.6 Å². The van der Waals surface area contributed by atoms with Crippen molar-refractivity contribution in [3.63, 3.8) is 0 Å². The molecule has 0 saturated carbocycles. The molecule has 1 aromatic carbocycles. The van der Waals surface area contributed by atoms with Gasteiger partial charge in [-0.1, -0.05) is 30.3 Å². The third-order valence-corrected chi connectivity index (χ3v) is 6.05. The molecule has 0 atom stereocenters. The summed E-state index contributed by atoms with van der Waals surface area (Å²) in [6.07, 6.45) is 4.00. The molecule has 3 rings (SSSR count). The van der Waals surface area contributed by atoms with Crippen LogP contribution >= 0.6 is 12.4 Å². The molecule has 1 aromatic rings. The highest BCUT2D eigenvalue weighted by Crippen LogP contribution is 2.32. The molecular weight excluding hydrogens is 390 g/mol. The van der Waals surface area contributed by atoms with Crippen LogP contribution in [0.1, 0.15) is 31.2 Å². The van der Waals surface area contributed by atoms with Gasteiger partial charge < -0.3 is 19.9 Å². The van der Waals surface area contributed by atoms with Crippen LogP contribution in [0.3, 0.4) is 0 Å². The lowest BCUT2D eigenvalue weighted by Crippen LogP contribution is -2.57. The smallest absolute Gasteiger partial charge is 0.231 e. The summed E-state index contributed by atoms with van der Waals surface area (Å²) in [6, 6.07) is 10.3. The van der Waals surface area contributed by atoms with Gasteiger partial charge in [0.1, 0.15) is 0 Å². The summed E-state index contributed by atoms with van der Waals surface area (Å²) in [6.45, 7) is 4.72. The van der Waals surface area contributed by atoms with Crippen LogP contribution in [-0.2, 0) is 20.7 Å². The molecule has 6 nitrogen and oxygen atoms in total. The van der Waals surface area contributed by atoms with E-state index in [2.05, 4.69) is 17.4 Å². The predicted molar refractivity (Wildman–Crippen MR) is 116 cm³/mol. The van der Waals surface area contributed by atoms with Gasteiger partial charge in [-0.25, -0.2) is 0 Å². The Kier molecular flexibility index (Phi) is 9.40. The second kappa shape index (κ2) is 11.5. The highest BCUT2D eigenvalue weighted by atomic mass is 35.5. The van der Waals surface area contributed by atoms with E-state index >= 15 is 0 Å². The monoisotopic (exact) mass is 423 g/mol. The van der Waals surface area contributed by atoms with Crippen molar-refractivity contribution in [2.75, 3.05) is 53.0 Å². The number of nitrogens with one attached hydrogen (secondary N) is 1. The average molecular weight is 424 g/mol. The Hall–Kier alpha value is -1.63. The quantitative estimate of drug-likeness (QED) is 0.729. The lowest BCUT2D eigenvalue weighted by molar-refractivity contribution is -0.151. The Balaban J connectivity index is 0.00000300. The number of ether oxygens (including phenoxy) is 1. The number of halogens is 1. The van der Waals surface area contributed by atoms with E-state index in [0.29, 0.717) is 39.2 Å². The van der Waals surface area contributed by atoms with Crippen molar-refractivity contribution in [2.24, 2.45) is 5.41 Å². The van der Waals surface area contributed by atoms with Gasteiger partial charge in [-0.15, -0.1) is 12.4 Å². The molecule has 0 bridgehead atoms. The minimum atomic E-state index is -0.401. The van der Waals surface area contributed by atoms with E-state index < -0.39 is 5.41 Å². The Morgan fingerprint density at radius 1 is 1.03 bits per heavy atom. The predicted octanol–water partition coefficient (Wildman–Crippen LogP) is 2.12. The topological polar surface area (TPSA) is 61.9 Å². The fraction of sp³-hybridized carbons (Fsp3) is 0.636. The summed E-state index contributed by atoms with van der Waals surface area (Å²) >= 11 is 0. The van der Waals surface area contributed by atoms with Gasteiger partial charge in [0.15, 0.2) is 0 Å². The van der Waals surface area contributed by atoms with Gasteiger partial charge in [0.25, 0.3) is 0 Å². The van der Waals surface area contributed by atoms with Crippen LogP contribution in [0.2, 0.25) is 0 Å². The molecule has 0 radical (unpaired) electrons. The van der Waals surface area contributed by atoms with Crippen molar-refractivity contribution in [3.05, 3.63) is 35.9 Å². The largest absolute Gasteiger partial charge is 0.384 e. The highest BCUT2D eigenvalue weighted by molar-refractivity contribution is 5.85. The zero-order chi connectivity index (χ0) is 19.8. The molecule has 2 aliphatic rings. The number of piperidine rings is 1. The van der Waals surface area contributed by atoms with Crippen LogP contribution in [0.25, 0.3) is 0 Å². The number of nitrogens with zero attached hydrogens (tertiary/aromatic N) is 2. The average Bonchev–Trinajstić information content (AvgIpc) is 2.75. The molecule has 0 aliphatic carbocycles. The minimum absolute atomic E-state index is 0. The van der Waals surface area contributed by atoms with E-state index in [1.54, 1.807) is 7.11 Å². The molecule has 1 N–H and O–H groups in total. The Labute approximate surface area is 180 Å². The van der Waals surface area contributed by atoms with Gasteiger partial charge in [-0.05, 0) is 44.3 Å². The van der Waals surface area contributed by atoms with Crippen molar-refractivity contribution >= 4 is 24.2 Å². The van der Waals surface area contributed by atoms with Crippen LogP contribution in [0.15, 0.2) is 30.3 Å². The van der Waals surface area contributed by atoms with E-state index in [-0.39, 0.29) is 24.2 Å². The van der Waals surface area contributed by atoms with E-state index in [4.69, 9.17) is 4.74 Å². The van der Waals surface area contributed by atoms with E-state index in [0.717, 1.165) is 38.8 Å². The number of amides is 2. The summed E-state index contributed by atoms with van der Waals surface area (Å²) in [5.41, 5.74) is 0.873. The molecule has 0 unspecified atom stereocenters. The van der Waals surface area contributed by atoms with Gasteiger partial charge in [-0.3, -0.25) is 9.59 Å². The number of carbonyl (C=O) groups excluding carboxylic acids is 2. The fourth-order valence-corrected chi connectivity index (χ4v) is 4.34. The molecule has 162 valence electrons. The summed E-state index contributed by atoms with van der Waals surface area (Å²) in [5.74, 6) is 0.406. The summed E-state index contributed by atoms with van der Waals surface area (Å²) in [4.78, 5) is 29.6. The third-order valence-electron chi connectivity index (χ3n) is 6.05. The van der Waals surface area contributed by atoms with Crippen molar-refractivity contribution in [2.45, 2.75) is 32.1 Å². The Bertz CT molecular complexity index is 636. The fourth-order valence-electron chi connectivity index (χ4n) is 4.34. The number of piperazine rings is 1. The van der Waals surface area contributed by atoms with E-state index in [1.165, 1.54) is 5.56 Å². The molecule has 29 heavy (non-hydrogen) atoms. The second-order valence-electron chi connectivity index (χ2n) is 7.98. The zero-order valence-electron chi connectivity index (χ0n) is 17.4. The molecule has 2 saturated heterocycles.